The Labute approximate surface area is 163 Å². The summed E-state index contributed by atoms with van der Waals surface area (Å²) in [5.41, 5.74) is 1.71. The Morgan fingerprint density at radius 2 is 1.74 bits per heavy atom. The van der Waals surface area contributed by atoms with Gasteiger partial charge in [0.1, 0.15) is 0 Å². The summed E-state index contributed by atoms with van der Waals surface area (Å²) >= 11 is 0. The highest BCUT2D eigenvalue weighted by Crippen LogP contribution is 2.22. The van der Waals surface area contributed by atoms with E-state index in [2.05, 4.69) is 5.32 Å². The van der Waals surface area contributed by atoms with Gasteiger partial charge in [-0.2, -0.15) is 4.31 Å². The minimum atomic E-state index is -3.48. The Balaban J connectivity index is 1.53. The van der Waals surface area contributed by atoms with Gasteiger partial charge in [-0.3, -0.25) is 9.69 Å². The van der Waals surface area contributed by atoms with Crippen molar-refractivity contribution in [3.05, 3.63) is 29.3 Å². The van der Waals surface area contributed by atoms with Crippen molar-refractivity contribution in [2.24, 2.45) is 0 Å². The van der Waals surface area contributed by atoms with Crippen molar-refractivity contribution in [2.45, 2.75) is 56.9 Å². The van der Waals surface area contributed by atoms with Gasteiger partial charge in [0.2, 0.25) is 15.9 Å². The van der Waals surface area contributed by atoms with Crippen LogP contribution in [0.5, 0.6) is 0 Å². The van der Waals surface area contributed by atoms with E-state index in [1.807, 2.05) is 30.9 Å². The summed E-state index contributed by atoms with van der Waals surface area (Å²) in [7, 11) is -3.48. The van der Waals surface area contributed by atoms with Crippen LogP contribution in [0.3, 0.4) is 0 Å². The molecule has 0 radical (unpaired) electrons. The van der Waals surface area contributed by atoms with Crippen LogP contribution in [0.1, 0.15) is 43.2 Å². The van der Waals surface area contributed by atoms with Gasteiger partial charge in [0.15, 0.2) is 0 Å². The normalized spacial score (nSPS) is 20.5. The number of nitrogens with one attached hydrogen (secondary N) is 1. The van der Waals surface area contributed by atoms with Gasteiger partial charge in [0, 0.05) is 32.2 Å². The van der Waals surface area contributed by atoms with Crippen molar-refractivity contribution in [2.75, 3.05) is 32.7 Å². The maximum absolute atomic E-state index is 13.0. The number of carbonyl (C=O) groups excluding carboxylic acids is 1. The number of carbonyl (C=O) groups is 1. The molecule has 0 spiro atoms. The first-order valence-electron chi connectivity index (χ1n) is 9.95. The van der Waals surface area contributed by atoms with E-state index in [1.54, 1.807) is 10.4 Å². The Morgan fingerprint density at radius 3 is 2.41 bits per heavy atom. The predicted molar refractivity (Wildman–Crippen MR) is 106 cm³/mol. The third kappa shape index (κ3) is 5.09. The summed E-state index contributed by atoms with van der Waals surface area (Å²) in [6.45, 7) is 6.11. The Hall–Kier alpha value is -1.44. The van der Waals surface area contributed by atoms with Crippen LogP contribution in [0.2, 0.25) is 0 Å². The Kier molecular flexibility index (Phi) is 6.55. The van der Waals surface area contributed by atoms with E-state index in [9.17, 15) is 13.2 Å². The molecule has 150 valence electrons. The smallest absolute Gasteiger partial charge is 0.243 e. The number of hydrogen-bond acceptors (Lipinski definition) is 4. The molecule has 0 unspecified atom stereocenters. The van der Waals surface area contributed by atoms with Crippen LogP contribution >= 0.6 is 0 Å². The summed E-state index contributed by atoms with van der Waals surface area (Å²) in [5, 5.41) is 3.13. The fourth-order valence-corrected chi connectivity index (χ4v) is 5.71. The molecule has 1 saturated heterocycles. The molecule has 1 heterocycles. The van der Waals surface area contributed by atoms with Gasteiger partial charge in [-0.15, -0.1) is 0 Å². The molecule has 0 aromatic heterocycles. The van der Waals surface area contributed by atoms with E-state index in [0.717, 1.165) is 24.0 Å². The van der Waals surface area contributed by atoms with Crippen molar-refractivity contribution in [3.8, 4) is 0 Å². The van der Waals surface area contributed by atoms with E-state index < -0.39 is 10.0 Å². The second-order valence-electron chi connectivity index (χ2n) is 7.85. The van der Waals surface area contributed by atoms with Crippen LogP contribution in [0, 0.1) is 13.8 Å². The highest BCUT2D eigenvalue weighted by molar-refractivity contribution is 7.89. The molecule has 0 atom stereocenters. The average molecular weight is 394 g/mol. The zero-order valence-electron chi connectivity index (χ0n) is 16.4. The summed E-state index contributed by atoms with van der Waals surface area (Å²) in [4.78, 5) is 14.7. The largest absolute Gasteiger partial charge is 0.352 e. The molecule has 27 heavy (non-hydrogen) atoms. The number of amides is 1. The summed E-state index contributed by atoms with van der Waals surface area (Å²) in [6, 6.07) is 5.84. The first kappa shape index (κ1) is 20.3. The number of benzene rings is 1. The summed E-state index contributed by atoms with van der Waals surface area (Å²) in [5.74, 6) is 0.0627. The van der Waals surface area contributed by atoms with Crippen molar-refractivity contribution in [1.29, 1.82) is 0 Å². The third-order valence-corrected chi connectivity index (χ3v) is 7.67. The van der Waals surface area contributed by atoms with Gasteiger partial charge in [0.25, 0.3) is 0 Å². The molecule has 1 aliphatic heterocycles. The summed E-state index contributed by atoms with van der Waals surface area (Å²) < 4.78 is 27.5. The third-order valence-electron chi connectivity index (χ3n) is 5.63. The number of aryl methyl sites for hydroxylation is 2. The van der Waals surface area contributed by atoms with E-state index in [4.69, 9.17) is 0 Å². The molecule has 3 rings (SSSR count). The second kappa shape index (κ2) is 8.71. The zero-order chi connectivity index (χ0) is 19.4. The van der Waals surface area contributed by atoms with Crippen LogP contribution in [0.4, 0.5) is 0 Å². The second-order valence-corrected chi connectivity index (χ2v) is 9.76. The maximum atomic E-state index is 13.0. The Morgan fingerprint density at radius 1 is 1.07 bits per heavy atom. The lowest BCUT2D eigenvalue weighted by Crippen LogP contribution is -2.52. The molecule has 1 N–H and O–H groups in total. The predicted octanol–water partition coefficient (Wildman–Crippen LogP) is 2.06. The van der Waals surface area contributed by atoms with E-state index >= 15 is 0 Å². The maximum Gasteiger partial charge on any atom is 0.243 e. The highest BCUT2D eigenvalue weighted by atomic mass is 32.2. The monoisotopic (exact) mass is 393 g/mol. The van der Waals surface area contributed by atoms with Gasteiger partial charge in [-0.25, -0.2) is 8.42 Å². The van der Waals surface area contributed by atoms with Crippen molar-refractivity contribution >= 4 is 15.9 Å². The molecule has 1 aromatic rings. The first-order valence-corrected chi connectivity index (χ1v) is 11.4. The minimum Gasteiger partial charge on any atom is -0.352 e. The number of hydrogen-bond donors (Lipinski definition) is 1. The first-order chi connectivity index (χ1) is 12.9. The topological polar surface area (TPSA) is 69.7 Å². The van der Waals surface area contributed by atoms with Crippen LogP contribution in [0.25, 0.3) is 0 Å². The SMILES string of the molecule is Cc1ccc(C)c(S(=O)(=O)N2CCN(CC(=O)NC3CCCCC3)CC2)c1. The highest BCUT2D eigenvalue weighted by Gasteiger charge is 2.30. The number of sulfonamides is 1. The average Bonchev–Trinajstić information content (AvgIpc) is 2.65. The molecule has 1 aromatic carbocycles. The van der Waals surface area contributed by atoms with Gasteiger partial charge in [-0.1, -0.05) is 31.4 Å². The van der Waals surface area contributed by atoms with E-state index in [0.29, 0.717) is 43.7 Å². The van der Waals surface area contributed by atoms with Crippen LogP contribution in [-0.4, -0.2) is 62.3 Å². The van der Waals surface area contributed by atoms with Crippen molar-refractivity contribution in [3.63, 3.8) is 0 Å². The van der Waals surface area contributed by atoms with Crippen molar-refractivity contribution < 1.29 is 13.2 Å². The standard InChI is InChI=1S/C20H31N3O3S/c1-16-8-9-17(2)19(14-16)27(25,26)23-12-10-22(11-13-23)15-20(24)21-18-6-4-3-5-7-18/h8-9,14,18H,3-7,10-13,15H2,1-2H3,(H,21,24). The molecule has 6 nitrogen and oxygen atoms in total. The fourth-order valence-electron chi connectivity index (χ4n) is 3.98. The number of piperazine rings is 1. The number of rotatable bonds is 5. The molecule has 1 amide bonds. The minimum absolute atomic E-state index is 0.0627. The van der Waals surface area contributed by atoms with Gasteiger partial charge >= 0.3 is 0 Å². The fraction of sp³-hybridized carbons (Fsp3) is 0.650. The molecule has 0 bridgehead atoms. The molecular formula is C20H31N3O3S. The van der Waals surface area contributed by atoms with Crippen molar-refractivity contribution in [1.82, 2.24) is 14.5 Å². The van der Waals surface area contributed by atoms with Gasteiger partial charge in [-0.05, 0) is 43.9 Å². The van der Waals surface area contributed by atoms with Gasteiger partial charge in [0.05, 0.1) is 11.4 Å². The molecule has 1 saturated carbocycles. The zero-order valence-corrected chi connectivity index (χ0v) is 17.2. The summed E-state index contributed by atoms with van der Waals surface area (Å²) in [6.07, 6.45) is 5.81. The quantitative estimate of drug-likeness (QED) is 0.831. The lowest BCUT2D eigenvalue weighted by molar-refractivity contribution is -0.123. The lowest BCUT2D eigenvalue weighted by Gasteiger charge is -2.34. The van der Waals surface area contributed by atoms with E-state index in [1.165, 1.54) is 19.3 Å². The number of nitrogens with zero attached hydrogens (tertiary/aromatic N) is 2. The molecule has 2 aliphatic rings. The Bertz CT molecular complexity index is 765. The molecular weight excluding hydrogens is 362 g/mol. The molecule has 7 heteroatoms. The van der Waals surface area contributed by atoms with Crippen LogP contribution in [-0.2, 0) is 14.8 Å². The van der Waals surface area contributed by atoms with E-state index in [-0.39, 0.29) is 5.91 Å². The van der Waals surface area contributed by atoms with Gasteiger partial charge < -0.3 is 5.32 Å². The molecule has 2 fully saturated rings. The molecule has 1 aliphatic carbocycles. The van der Waals surface area contributed by atoms with Crippen LogP contribution < -0.4 is 5.32 Å². The van der Waals surface area contributed by atoms with Crippen LogP contribution in [0.15, 0.2) is 23.1 Å². The lowest BCUT2D eigenvalue weighted by atomic mass is 9.95.